The molecule has 0 spiro atoms. The van der Waals surface area contributed by atoms with Gasteiger partial charge in [0.1, 0.15) is 5.78 Å². The van der Waals surface area contributed by atoms with Gasteiger partial charge in [-0.05, 0) is 37.6 Å². The molecule has 0 aliphatic heterocycles. The van der Waals surface area contributed by atoms with Gasteiger partial charge in [0.05, 0.1) is 11.6 Å². The van der Waals surface area contributed by atoms with Crippen molar-refractivity contribution in [2.45, 2.75) is 53.0 Å². The Labute approximate surface area is 175 Å². The fourth-order valence-corrected chi connectivity index (χ4v) is 2.64. The first-order valence-corrected chi connectivity index (χ1v) is 9.72. The van der Waals surface area contributed by atoms with E-state index >= 15 is 0 Å². The maximum atomic E-state index is 12.9. The normalized spacial score (nSPS) is 12.5. The van der Waals surface area contributed by atoms with Gasteiger partial charge in [0.15, 0.2) is 6.61 Å². The molecule has 0 saturated heterocycles. The summed E-state index contributed by atoms with van der Waals surface area (Å²) < 4.78 is 30.9. The quantitative estimate of drug-likeness (QED) is 0.662. The van der Waals surface area contributed by atoms with E-state index in [9.17, 15) is 18.4 Å². The second-order valence-electron chi connectivity index (χ2n) is 7.78. The second kappa shape index (κ2) is 9.73. The van der Waals surface area contributed by atoms with E-state index in [2.05, 4.69) is 15.3 Å². The van der Waals surface area contributed by atoms with Crippen molar-refractivity contribution in [2.24, 2.45) is 5.92 Å². The number of hydrogen-bond acceptors (Lipinski definition) is 5. The summed E-state index contributed by atoms with van der Waals surface area (Å²) in [5, 5.41) is 2.87. The van der Waals surface area contributed by atoms with Gasteiger partial charge in [0, 0.05) is 42.9 Å². The molecule has 2 aromatic rings. The van der Waals surface area contributed by atoms with Crippen molar-refractivity contribution in [3.05, 3.63) is 53.0 Å². The number of amides is 1. The zero-order valence-electron chi connectivity index (χ0n) is 17.8. The van der Waals surface area contributed by atoms with Gasteiger partial charge in [-0.1, -0.05) is 13.8 Å². The molecule has 1 unspecified atom stereocenters. The topological polar surface area (TPSA) is 81.2 Å². The molecule has 0 aromatic carbocycles. The molecule has 1 atom stereocenters. The highest BCUT2D eigenvalue weighted by atomic mass is 19.3. The fraction of sp³-hybridized carbons (Fsp3) is 0.455. The number of carbonyl (C=O) groups excluding carboxylic acids is 2. The number of hydrogen-bond donors (Lipinski definition) is 1. The molecule has 8 heteroatoms. The molecule has 30 heavy (non-hydrogen) atoms. The van der Waals surface area contributed by atoms with Crippen LogP contribution in [-0.4, -0.2) is 34.2 Å². The third-order valence-electron chi connectivity index (χ3n) is 4.44. The molecule has 0 aliphatic rings. The van der Waals surface area contributed by atoms with E-state index in [-0.39, 0.29) is 36.0 Å². The summed E-state index contributed by atoms with van der Waals surface area (Å²) in [6, 6.07) is 4.79. The minimum absolute atomic E-state index is 0.0646. The molecule has 0 fully saturated rings. The van der Waals surface area contributed by atoms with Crippen LogP contribution >= 0.6 is 0 Å². The van der Waals surface area contributed by atoms with Crippen LogP contribution < -0.4 is 10.1 Å². The van der Waals surface area contributed by atoms with E-state index in [0.29, 0.717) is 16.8 Å². The molecule has 2 rings (SSSR count). The van der Waals surface area contributed by atoms with E-state index in [0.717, 1.165) is 12.5 Å². The van der Waals surface area contributed by atoms with E-state index < -0.39 is 12.5 Å². The average Bonchev–Trinajstić information content (AvgIpc) is 2.66. The van der Waals surface area contributed by atoms with E-state index in [1.807, 2.05) is 20.8 Å². The number of halogens is 2. The van der Waals surface area contributed by atoms with Crippen LogP contribution in [0.1, 0.15) is 60.9 Å². The molecule has 0 radical (unpaired) electrons. The SMILES string of the molecule is Cc1cc(C(=O)NC(C)c2ccnc(CC(=O)C(C)C)c2)cnc1OCC(C)(F)F. The zero-order chi connectivity index (χ0) is 22.5. The molecular weight excluding hydrogens is 392 g/mol. The lowest BCUT2D eigenvalue weighted by atomic mass is 10.0. The monoisotopic (exact) mass is 419 g/mol. The number of nitrogens with one attached hydrogen (secondary N) is 1. The smallest absolute Gasteiger partial charge is 0.278 e. The Kier molecular flexibility index (Phi) is 7.59. The lowest BCUT2D eigenvalue weighted by molar-refractivity contribution is -0.121. The Morgan fingerprint density at radius 3 is 2.50 bits per heavy atom. The van der Waals surface area contributed by atoms with Gasteiger partial charge >= 0.3 is 0 Å². The van der Waals surface area contributed by atoms with Crippen LogP contribution in [0, 0.1) is 12.8 Å². The van der Waals surface area contributed by atoms with Crippen LogP contribution in [0.4, 0.5) is 8.78 Å². The van der Waals surface area contributed by atoms with Crippen molar-refractivity contribution in [3.63, 3.8) is 0 Å². The van der Waals surface area contributed by atoms with E-state index in [1.54, 1.807) is 25.3 Å². The lowest BCUT2D eigenvalue weighted by Crippen LogP contribution is -2.27. The Bertz CT molecular complexity index is 911. The fourth-order valence-electron chi connectivity index (χ4n) is 2.64. The van der Waals surface area contributed by atoms with Gasteiger partial charge in [-0.25, -0.2) is 13.8 Å². The van der Waals surface area contributed by atoms with Crippen LogP contribution in [0.15, 0.2) is 30.6 Å². The summed E-state index contributed by atoms with van der Waals surface area (Å²) in [5.41, 5.74) is 2.25. The molecule has 2 aromatic heterocycles. The molecule has 0 aliphatic carbocycles. The molecule has 0 bridgehead atoms. The Balaban J connectivity index is 2.05. The van der Waals surface area contributed by atoms with Crippen molar-refractivity contribution in [1.29, 1.82) is 0 Å². The van der Waals surface area contributed by atoms with Gasteiger partial charge < -0.3 is 10.1 Å². The van der Waals surface area contributed by atoms with Crippen LogP contribution in [-0.2, 0) is 11.2 Å². The van der Waals surface area contributed by atoms with Crippen LogP contribution in [0.3, 0.4) is 0 Å². The number of alkyl halides is 2. The van der Waals surface area contributed by atoms with E-state index in [1.165, 1.54) is 12.3 Å². The van der Waals surface area contributed by atoms with Gasteiger partial charge in [0.25, 0.3) is 11.8 Å². The summed E-state index contributed by atoms with van der Waals surface area (Å²) >= 11 is 0. The number of Topliss-reactive ketones (excluding diaryl/α,β-unsaturated/α-hetero) is 1. The molecule has 162 valence electrons. The van der Waals surface area contributed by atoms with Crippen LogP contribution in [0.2, 0.25) is 0 Å². The van der Waals surface area contributed by atoms with Gasteiger partial charge in [-0.2, -0.15) is 0 Å². The zero-order valence-corrected chi connectivity index (χ0v) is 17.8. The predicted molar refractivity (Wildman–Crippen MR) is 109 cm³/mol. The van der Waals surface area contributed by atoms with Crippen molar-refractivity contribution < 1.29 is 23.1 Å². The highest BCUT2D eigenvalue weighted by molar-refractivity contribution is 5.94. The van der Waals surface area contributed by atoms with Gasteiger partial charge in [0.2, 0.25) is 5.88 Å². The Hall–Kier alpha value is -2.90. The third kappa shape index (κ3) is 6.86. The summed E-state index contributed by atoms with van der Waals surface area (Å²) in [4.78, 5) is 32.7. The lowest BCUT2D eigenvalue weighted by Gasteiger charge is -2.16. The highest BCUT2D eigenvalue weighted by Gasteiger charge is 2.23. The average molecular weight is 419 g/mol. The predicted octanol–water partition coefficient (Wildman–Crippen LogP) is 4.08. The summed E-state index contributed by atoms with van der Waals surface area (Å²) in [6.07, 6.45) is 3.15. The molecule has 6 nitrogen and oxygen atoms in total. The standard InChI is InChI=1S/C22H27F2N3O3/c1-13(2)19(28)10-18-9-16(6-7-25-18)15(4)27-20(29)17-8-14(3)21(26-11-17)30-12-22(5,23)24/h6-9,11,13,15H,10,12H2,1-5H3,(H,27,29). The van der Waals surface area contributed by atoms with Crippen molar-refractivity contribution in [3.8, 4) is 5.88 Å². The number of nitrogens with zero attached hydrogens (tertiary/aromatic N) is 2. The maximum Gasteiger partial charge on any atom is 0.278 e. The summed E-state index contributed by atoms with van der Waals surface area (Å²) in [7, 11) is 0. The van der Waals surface area contributed by atoms with E-state index in [4.69, 9.17) is 4.74 Å². The molecule has 1 amide bonds. The third-order valence-corrected chi connectivity index (χ3v) is 4.44. The maximum absolute atomic E-state index is 12.9. The van der Waals surface area contributed by atoms with Crippen molar-refractivity contribution in [2.75, 3.05) is 6.61 Å². The largest absolute Gasteiger partial charge is 0.471 e. The first-order valence-electron chi connectivity index (χ1n) is 9.72. The van der Waals surface area contributed by atoms with Crippen molar-refractivity contribution in [1.82, 2.24) is 15.3 Å². The first kappa shape index (κ1) is 23.4. The molecular formula is C22H27F2N3O3. The minimum atomic E-state index is -2.97. The first-order chi connectivity index (χ1) is 14.0. The molecule has 0 saturated carbocycles. The van der Waals surface area contributed by atoms with Gasteiger partial charge in [-0.15, -0.1) is 0 Å². The van der Waals surface area contributed by atoms with Crippen LogP contribution in [0.5, 0.6) is 5.88 Å². The Morgan fingerprint density at radius 2 is 1.90 bits per heavy atom. The summed E-state index contributed by atoms with van der Waals surface area (Å²) in [6.45, 7) is 7.12. The second-order valence-corrected chi connectivity index (χ2v) is 7.78. The number of rotatable bonds is 9. The number of pyridine rings is 2. The van der Waals surface area contributed by atoms with Crippen molar-refractivity contribution >= 4 is 11.7 Å². The molecule has 1 N–H and O–H groups in total. The number of aryl methyl sites for hydroxylation is 1. The molecule has 2 heterocycles. The Morgan fingerprint density at radius 1 is 1.20 bits per heavy atom. The number of ketones is 1. The number of carbonyl (C=O) groups is 2. The minimum Gasteiger partial charge on any atom is -0.471 e. The van der Waals surface area contributed by atoms with Gasteiger partial charge in [-0.3, -0.25) is 14.6 Å². The summed E-state index contributed by atoms with van der Waals surface area (Å²) in [5.74, 6) is -3.24. The highest BCUT2D eigenvalue weighted by Crippen LogP contribution is 2.20. The van der Waals surface area contributed by atoms with Crippen LogP contribution in [0.25, 0.3) is 0 Å². The number of aromatic nitrogens is 2. The number of ether oxygens (including phenoxy) is 1.